The number of rotatable bonds is 10. The summed E-state index contributed by atoms with van der Waals surface area (Å²) in [4.78, 5) is 4.94. The maximum absolute atomic E-state index is 9.52. The molecule has 0 amide bonds. The number of nitrogens with zero attached hydrogens (tertiary/aromatic N) is 5. The molecule has 0 atom stereocenters. The monoisotopic (exact) mass is 1210 g/mol. The maximum atomic E-state index is 9.52. The summed E-state index contributed by atoms with van der Waals surface area (Å²) >= 11 is 0. The first-order valence-electron chi connectivity index (χ1n) is 30.6. The van der Waals surface area contributed by atoms with Gasteiger partial charge < -0.3 is 18.4 Å². The summed E-state index contributed by atoms with van der Waals surface area (Å²) < 4.78 is 87.9. The van der Waals surface area contributed by atoms with E-state index >= 15 is 0 Å². The predicted molar refractivity (Wildman–Crippen MR) is 321 cm³/mol. The van der Waals surface area contributed by atoms with Crippen molar-refractivity contribution < 1.29 is 41.3 Å². The van der Waals surface area contributed by atoms with E-state index in [0.717, 1.165) is 61.9 Å². The minimum atomic E-state index is -0.524. The van der Waals surface area contributed by atoms with Crippen LogP contribution in [0.3, 0.4) is 0 Å². The Morgan fingerprint density at radius 3 is 1.91 bits per heavy atom. The van der Waals surface area contributed by atoms with Crippen molar-refractivity contribution in [2.24, 2.45) is 5.92 Å². The van der Waals surface area contributed by atoms with Gasteiger partial charge in [0.25, 0.3) is 6.33 Å². The Balaban J connectivity index is 0.00000739. The second-order valence-electron chi connectivity index (χ2n) is 22.6. The molecule has 0 aliphatic heterocycles. The summed E-state index contributed by atoms with van der Waals surface area (Å²) in [5.41, 5.74) is 12.4. The zero-order valence-electron chi connectivity index (χ0n) is 53.3. The fraction of sp³-hybridized carbons (Fsp3) is 0.167. The standard InChI is InChI=1S/C72H61N5O.Pt/c1-47(2)38-48-36-37-73-68(39-48)77-63-33-17-14-28-60(63)69-66(76-61-31-15-12-26-58(61)59-27-13-16-32-62(59)76)44-55(45-67(69)77)78-54-25-20-24-53(43-54)74-46-75(65-35-19-18-34-64(65)74)70-56(49-22-10-9-11-23-49)29-21-30-57(70)50-40-51(71(3,4)5)42-52(41-50)72(6,7)8;/h9-37,39-42,44,47H,38H2,1-8H3;/q-2;/i12D,13D,15D,16D,26D,27D,31D,32D;. The molecule has 0 saturated heterocycles. The maximum Gasteiger partial charge on any atom is 0.268 e. The van der Waals surface area contributed by atoms with Crippen LogP contribution in [0, 0.1) is 24.4 Å². The first-order valence-corrected chi connectivity index (χ1v) is 26.6. The molecule has 4 heterocycles. The van der Waals surface area contributed by atoms with Gasteiger partial charge in [0.2, 0.25) is 0 Å². The van der Waals surface area contributed by atoms with Gasteiger partial charge in [-0.25, -0.2) is 4.98 Å². The van der Waals surface area contributed by atoms with E-state index in [4.69, 9.17) is 15.2 Å². The van der Waals surface area contributed by atoms with Gasteiger partial charge in [-0.05, 0) is 109 Å². The number of aromatic nitrogens is 5. The van der Waals surface area contributed by atoms with Crippen LogP contribution >= 0.6 is 0 Å². The Bertz CT molecular complexity index is 4830. The van der Waals surface area contributed by atoms with Gasteiger partial charge >= 0.3 is 0 Å². The van der Waals surface area contributed by atoms with E-state index in [2.05, 4.69) is 157 Å². The molecule has 0 aliphatic rings. The topological polar surface area (TPSA) is 40.8 Å². The Labute approximate surface area is 488 Å². The van der Waals surface area contributed by atoms with Crippen molar-refractivity contribution >= 4 is 54.6 Å². The largest absolute Gasteiger partial charge is 0.510 e. The minimum Gasteiger partial charge on any atom is -0.510 e. The van der Waals surface area contributed by atoms with E-state index in [-0.39, 0.29) is 59.5 Å². The molecule has 13 aromatic rings. The normalized spacial score (nSPS) is 13.5. The second-order valence-corrected chi connectivity index (χ2v) is 22.6. The van der Waals surface area contributed by atoms with Crippen LogP contribution in [0.5, 0.6) is 11.5 Å². The number of ether oxygens (including phenoxy) is 1. The third-order valence-corrected chi connectivity index (χ3v) is 14.7. The Kier molecular flexibility index (Phi) is 10.9. The van der Waals surface area contributed by atoms with Crippen LogP contribution in [-0.2, 0) is 38.3 Å². The van der Waals surface area contributed by atoms with Crippen molar-refractivity contribution in [1.29, 1.82) is 0 Å². The average molecular weight is 1220 g/mol. The van der Waals surface area contributed by atoms with E-state index in [1.807, 2.05) is 69.8 Å². The van der Waals surface area contributed by atoms with Crippen LogP contribution in [0.4, 0.5) is 0 Å². The first-order chi connectivity index (χ1) is 41.1. The van der Waals surface area contributed by atoms with Gasteiger partial charge in [-0.1, -0.05) is 212 Å². The van der Waals surface area contributed by atoms with Crippen molar-refractivity contribution in [3.05, 3.63) is 241 Å². The van der Waals surface area contributed by atoms with Crippen molar-refractivity contribution in [2.75, 3.05) is 0 Å². The smallest absolute Gasteiger partial charge is 0.268 e. The van der Waals surface area contributed by atoms with Gasteiger partial charge in [0.1, 0.15) is 5.82 Å². The number of benzene rings is 9. The van der Waals surface area contributed by atoms with Crippen LogP contribution in [0.25, 0.3) is 99.8 Å². The molecule has 0 spiro atoms. The molecule has 0 saturated carbocycles. The number of para-hydroxylation sites is 6. The van der Waals surface area contributed by atoms with E-state index in [1.54, 1.807) is 22.9 Å². The SMILES string of the molecule is [2H]c1c([2H])c([2H])c2c(c1[2H])c1c([2H])c([2H])c([2H])c([2H])c1n2-c1cc(Oc2[c-]c(-n3[c-][n+](-c4c(-c5ccccc5)cccc4-c4cc(C(C)(C)C)cc(C(C)(C)C)c4)c4ccccc43)ccc2)[c-]c2c1c1ccccc1n2-c1cc(CC(C)C)ccn1.[Pt]. The molecule has 0 bridgehead atoms. The van der Waals surface area contributed by atoms with Gasteiger partial charge in [-0.2, -0.15) is 12.1 Å². The van der Waals surface area contributed by atoms with E-state index in [1.165, 1.54) is 11.1 Å². The van der Waals surface area contributed by atoms with Crippen LogP contribution < -0.4 is 9.30 Å². The number of fused-ring (bicyclic) bond motifs is 7. The summed E-state index contributed by atoms with van der Waals surface area (Å²) in [6, 6.07) is 54.8. The van der Waals surface area contributed by atoms with Crippen LogP contribution in [0.1, 0.15) is 83.0 Å². The summed E-state index contributed by atoms with van der Waals surface area (Å²) in [5.74, 6) is 1.46. The van der Waals surface area contributed by atoms with Gasteiger partial charge in [-0.3, -0.25) is 4.57 Å². The molecule has 0 N–H and O–H groups in total. The summed E-state index contributed by atoms with van der Waals surface area (Å²) in [6.07, 6.45) is 6.39. The molecule has 6 nitrogen and oxygen atoms in total. The van der Waals surface area contributed by atoms with Gasteiger partial charge in [0.05, 0.1) is 38.7 Å². The van der Waals surface area contributed by atoms with E-state index < -0.39 is 48.3 Å². The summed E-state index contributed by atoms with van der Waals surface area (Å²) in [5, 5.41) is 1.24. The minimum absolute atomic E-state index is 0. The van der Waals surface area contributed by atoms with Crippen LogP contribution in [0.15, 0.2) is 206 Å². The van der Waals surface area contributed by atoms with E-state index in [0.29, 0.717) is 39.8 Å². The molecule has 7 heteroatoms. The van der Waals surface area contributed by atoms with E-state index in [9.17, 15) is 5.48 Å². The third kappa shape index (κ3) is 9.26. The molecular formula is C72H61N5OPt-2. The number of pyridine rings is 1. The molecule has 4 aromatic heterocycles. The molecule has 0 unspecified atom stereocenters. The average Bonchev–Trinajstić information content (AvgIpc) is 1.60. The number of hydrogen-bond donors (Lipinski definition) is 0. The summed E-state index contributed by atoms with van der Waals surface area (Å²) in [6.45, 7) is 17.9. The molecule has 0 radical (unpaired) electrons. The molecule has 79 heavy (non-hydrogen) atoms. The quantitative estimate of drug-likeness (QED) is 0.101. The number of imidazole rings is 1. The van der Waals surface area contributed by atoms with Gasteiger partial charge in [0.15, 0.2) is 0 Å². The second kappa shape index (κ2) is 20.2. The van der Waals surface area contributed by atoms with Gasteiger partial charge in [0, 0.05) is 55.1 Å². The zero-order valence-corrected chi connectivity index (χ0v) is 47.5. The third-order valence-electron chi connectivity index (χ3n) is 14.7. The van der Waals surface area contributed by atoms with Crippen LogP contribution in [-0.4, -0.2) is 18.7 Å². The van der Waals surface area contributed by atoms with Crippen molar-refractivity contribution in [3.63, 3.8) is 0 Å². The Morgan fingerprint density at radius 2 is 1.22 bits per heavy atom. The Hall–Kier alpha value is -8.31. The fourth-order valence-corrected chi connectivity index (χ4v) is 10.9. The predicted octanol–water partition coefficient (Wildman–Crippen LogP) is 17.8. The van der Waals surface area contributed by atoms with Crippen molar-refractivity contribution in [1.82, 2.24) is 18.7 Å². The Morgan fingerprint density at radius 1 is 0.582 bits per heavy atom. The zero-order chi connectivity index (χ0) is 60.4. The molecule has 0 fully saturated rings. The molecule has 392 valence electrons. The number of hydrogen-bond acceptors (Lipinski definition) is 2. The molecule has 0 aliphatic carbocycles. The molecule has 9 aromatic carbocycles. The molecule has 13 rings (SSSR count). The first kappa shape index (κ1) is 42.7. The van der Waals surface area contributed by atoms with Gasteiger partial charge in [-0.15, -0.1) is 24.3 Å². The van der Waals surface area contributed by atoms with Crippen LogP contribution in [0.2, 0.25) is 0 Å². The summed E-state index contributed by atoms with van der Waals surface area (Å²) in [7, 11) is 0. The molecular weight excluding hydrogens is 1150 g/mol. The van der Waals surface area contributed by atoms with Crippen molar-refractivity contribution in [3.8, 4) is 56.6 Å². The fourth-order valence-electron chi connectivity index (χ4n) is 10.9. The van der Waals surface area contributed by atoms with Crippen molar-refractivity contribution in [2.45, 2.75) is 72.6 Å².